The molecule has 0 atom stereocenters. The quantitative estimate of drug-likeness (QED) is 0.846. The average Bonchev–Trinajstić information content (AvgIpc) is 2.53. The van der Waals surface area contributed by atoms with E-state index < -0.39 is 0 Å². The van der Waals surface area contributed by atoms with Crippen molar-refractivity contribution in [2.24, 2.45) is 0 Å². The third-order valence-electron chi connectivity index (χ3n) is 2.98. The van der Waals surface area contributed by atoms with Crippen LogP contribution in [0.1, 0.15) is 32.5 Å². The third-order valence-corrected chi connectivity index (χ3v) is 2.98. The minimum atomic E-state index is 0.692. The first-order chi connectivity index (χ1) is 10.3. The van der Waals surface area contributed by atoms with Crippen molar-refractivity contribution in [3.63, 3.8) is 0 Å². The molecule has 2 aromatic rings. The molecule has 0 bridgehead atoms. The Morgan fingerprint density at radius 3 is 2.67 bits per heavy atom. The summed E-state index contributed by atoms with van der Waals surface area (Å²) >= 11 is 0. The van der Waals surface area contributed by atoms with Gasteiger partial charge in [-0.3, -0.25) is 4.98 Å². The number of pyridine rings is 1. The van der Waals surface area contributed by atoms with Crippen LogP contribution in [0, 0.1) is 0 Å². The lowest BCUT2D eigenvalue weighted by Gasteiger charge is -2.09. The molecule has 2 rings (SSSR count). The van der Waals surface area contributed by atoms with Crippen molar-refractivity contribution in [2.45, 2.75) is 33.1 Å². The second-order valence-electron chi connectivity index (χ2n) is 4.81. The van der Waals surface area contributed by atoms with Gasteiger partial charge < -0.3 is 10.1 Å². The van der Waals surface area contributed by atoms with E-state index >= 15 is 0 Å². The van der Waals surface area contributed by atoms with Crippen LogP contribution in [0.4, 0.5) is 5.82 Å². The predicted molar refractivity (Wildman–Crippen MR) is 84.6 cm³/mol. The molecule has 0 spiro atoms. The van der Waals surface area contributed by atoms with Gasteiger partial charge in [-0.1, -0.05) is 13.8 Å². The molecular weight excluding hydrogens is 264 g/mol. The zero-order valence-electron chi connectivity index (χ0n) is 12.9. The fourth-order valence-corrected chi connectivity index (χ4v) is 1.97. The van der Waals surface area contributed by atoms with Gasteiger partial charge in [0.25, 0.3) is 0 Å². The average molecular weight is 286 g/mol. The molecule has 2 heterocycles. The molecule has 0 aliphatic carbocycles. The number of hydrogen-bond acceptors (Lipinski definition) is 5. The van der Waals surface area contributed by atoms with E-state index in [1.54, 1.807) is 12.4 Å². The van der Waals surface area contributed by atoms with Crippen molar-refractivity contribution < 1.29 is 4.74 Å². The molecule has 0 aliphatic rings. The number of anilines is 1. The molecule has 112 valence electrons. The lowest BCUT2D eigenvalue weighted by atomic mass is 10.2. The van der Waals surface area contributed by atoms with Gasteiger partial charge in [-0.05, 0) is 18.9 Å². The van der Waals surface area contributed by atoms with Gasteiger partial charge in [0.05, 0.1) is 18.5 Å². The molecule has 21 heavy (non-hydrogen) atoms. The standard InChI is InChI=1S/C16H22N4O/c1-4-6-15-19-14(9-16(17-3)20-15)12-8-13(11-18-10-12)21-7-5-2/h8-11H,4-7H2,1-3H3,(H,17,19,20). The van der Waals surface area contributed by atoms with Crippen LogP contribution in [0.3, 0.4) is 0 Å². The lowest BCUT2D eigenvalue weighted by Crippen LogP contribution is -2.02. The molecule has 1 N–H and O–H groups in total. The molecule has 0 aromatic carbocycles. The Morgan fingerprint density at radius 2 is 1.95 bits per heavy atom. The Morgan fingerprint density at radius 1 is 1.10 bits per heavy atom. The van der Waals surface area contributed by atoms with E-state index in [0.717, 1.165) is 47.9 Å². The van der Waals surface area contributed by atoms with Crippen LogP contribution >= 0.6 is 0 Å². The number of aryl methyl sites for hydroxylation is 1. The molecule has 2 aromatic heterocycles. The summed E-state index contributed by atoms with van der Waals surface area (Å²) in [5, 5.41) is 3.08. The molecule has 0 amide bonds. The Bertz CT molecular complexity index is 586. The number of rotatable bonds is 7. The van der Waals surface area contributed by atoms with Gasteiger partial charge in [0.2, 0.25) is 0 Å². The van der Waals surface area contributed by atoms with E-state index in [-0.39, 0.29) is 0 Å². The Balaban J connectivity index is 2.33. The van der Waals surface area contributed by atoms with Gasteiger partial charge in [-0.2, -0.15) is 0 Å². The van der Waals surface area contributed by atoms with Gasteiger partial charge in [-0.15, -0.1) is 0 Å². The summed E-state index contributed by atoms with van der Waals surface area (Å²) in [5.41, 5.74) is 1.81. The number of nitrogens with one attached hydrogen (secondary N) is 1. The SMILES string of the molecule is CCCOc1cncc(-c2cc(NC)nc(CCC)n2)c1. The normalized spacial score (nSPS) is 10.4. The minimum Gasteiger partial charge on any atom is -0.492 e. The maximum absolute atomic E-state index is 5.63. The zero-order chi connectivity index (χ0) is 15.1. The number of hydrogen-bond donors (Lipinski definition) is 1. The van der Waals surface area contributed by atoms with Crippen molar-refractivity contribution in [1.82, 2.24) is 15.0 Å². The third kappa shape index (κ3) is 4.15. The second kappa shape index (κ2) is 7.57. The summed E-state index contributed by atoms with van der Waals surface area (Å²) in [6, 6.07) is 3.90. The lowest BCUT2D eigenvalue weighted by molar-refractivity contribution is 0.316. The van der Waals surface area contributed by atoms with Gasteiger partial charge in [-0.25, -0.2) is 9.97 Å². The molecule has 0 radical (unpaired) electrons. The predicted octanol–water partition coefficient (Wildman–Crippen LogP) is 3.32. The first kappa shape index (κ1) is 15.2. The highest BCUT2D eigenvalue weighted by atomic mass is 16.5. The first-order valence-corrected chi connectivity index (χ1v) is 7.40. The summed E-state index contributed by atoms with van der Waals surface area (Å²) in [7, 11) is 1.86. The van der Waals surface area contributed by atoms with E-state index in [9.17, 15) is 0 Å². The second-order valence-corrected chi connectivity index (χ2v) is 4.81. The molecule has 5 nitrogen and oxygen atoms in total. The van der Waals surface area contributed by atoms with Crippen LogP contribution in [-0.4, -0.2) is 28.6 Å². The van der Waals surface area contributed by atoms with Crippen LogP contribution in [0.15, 0.2) is 24.5 Å². The largest absolute Gasteiger partial charge is 0.492 e. The summed E-state index contributed by atoms with van der Waals surface area (Å²) in [4.78, 5) is 13.3. The highest BCUT2D eigenvalue weighted by molar-refractivity contribution is 5.63. The zero-order valence-corrected chi connectivity index (χ0v) is 12.9. The van der Waals surface area contributed by atoms with Gasteiger partial charge in [0.1, 0.15) is 17.4 Å². The molecule has 0 unspecified atom stereocenters. The highest BCUT2D eigenvalue weighted by Crippen LogP contribution is 2.23. The smallest absolute Gasteiger partial charge is 0.138 e. The van der Waals surface area contributed by atoms with Crippen molar-refractivity contribution in [3.05, 3.63) is 30.4 Å². The molecule has 0 saturated carbocycles. The minimum absolute atomic E-state index is 0.692. The summed E-state index contributed by atoms with van der Waals surface area (Å²) in [6.45, 7) is 4.89. The molecular formula is C16H22N4O. The van der Waals surface area contributed by atoms with Crippen LogP contribution < -0.4 is 10.1 Å². The van der Waals surface area contributed by atoms with Gasteiger partial charge >= 0.3 is 0 Å². The summed E-state index contributed by atoms with van der Waals surface area (Å²) in [6.07, 6.45) is 6.39. The molecule has 5 heteroatoms. The summed E-state index contributed by atoms with van der Waals surface area (Å²) < 4.78 is 5.63. The van der Waals surface area contributed by atoms with E-state index in [2.05, 4.69) is 34.1 Å². The van der Waals surface area contributed by atoms with Crippen molar-refractivity contribution >= 4 is 5.82 Å². The van der Waals surface area contributed by atoms with Crippen LogP contribution in [0.2, 0.25) is 0 Å². The number of nitrogens with zero attached hydrogens (tertiary/aromatic N) is 3. The maximum atomic E-state index is 5.63. The summed E-state index contributed by atoms with van der Waals surface area (Å²) in [5.74, 6) is 2.44. The van der Waals surface area contributed by atoms with Crippen LogP contribution in [0.5, 0.6) is 5.75 Å². The Labute approximate surface area is 125 Å². The maximum Gasteiger partial charge on any atom is 0.138 e. The van der Waals surface area contributed by atoms with Gasteiger partial charge in [0, 0.05) is 31.3 Å². The number of ether oxygens (including phenoxy) is 1. The highest BCUT2D eigenvalue weighted by Gasteiger charge is 2.07. The van der Waals surface area contributed by atoms with E-state index in [4.69, 9.17) is 4.74 Å². The Kier molecular flexibility index (Phi) is 5.49. The molecule has 0 fully saturated rings. The van der Waals surface area contributed by atoms with E-state index in [1.807, 2.05) is 19.2 Å². The number of aromatic nitrogens is 3. The molecule has 0 saturated heterocycles. The monoisotopic (exact) mass is 286 g/mol. The molecule has 0 aliphatic heterocycles. The van der Waals surface area contributed by atoms with Crippen molar-refractivity contribution in [2.75, 3.05) is 19.0 Å². The van der Waals surface area contributed by atoms with Crippen LogP contribution in [-0.2, 0) is 6.42 Å². The van der Waals surface area contributed by atoms with Crippen LogP contribution in [0.25, 0.3) is 11.3 Å². The van der Waals surface area contributed by atoms with Gasteiger partial charge in [0.15, 0.2) is 0 Å². The topological polar surface area (TPSA) is 59.9 Å². The fraction of sp³-hybridized carbons (Fsp3) is 0.438. The van der Waals surface area contributed by atoms with E-state index in [0.29, 0.717) is 6.61 Å². The van der Waals surface area contributed by atoms with Crippen molar-refractivity contribution in [1.29, 1.82) is 0 Å². The van der Waals surface area contributed by atoms with Crippen molar-refractivity contribution in [3.8, 4) is 17.0 Å². The van der Waals surface area contributed by atoms with E-state index in [1.165, 1.54) is 0 Å². The first-order valence-electron chi connectivity index (χ1n) is 7.40. The fourth-order valence-electron chi connectivity index (χ4n) is 1.97. The Hall–Kier alpha value is -2.17.